The zero-order valence-corrected chi connectivity index (χ0v) is 10.9. The molecular formula is C16H21NO. The zero-order valence-electron chi connectivity index (χ0n) is 10.9. The Morgan fingerprint density at radius 3 is 2.61 bits per heavy atom. The molecule has 0 bridgehead atoms. The van der Waals surface area contributed by atoms with E-state index in [2.05, 4.69) is 36.4 Å². The molecular weight excluding hydrogens is 222 g/mol. The van der Waals surface area contributed by atoms with Crippen molar-refractivity contribution in [3.8, 4) is 5.75 Å². The van der Waals surface area contributed by atoms with Crippen LogP contribution >= 0.6 is 0 Å². The van der Waals surface area contributed by atoms with Crippen LogP contribution in [0.25, 0.3) is 10.8 Å². The Labute approximate surface area is 109 Å². The third kappa shape index (κ3) is 3.74. The molecule has 0 fully saturated rings. The number of fused-ring (bicyclic) bond motifs is 1. The van der Waals surface area contributed by atoms with Crippen LogP contribution in [0, 0.1) is 0 Å². The van der Waals surface area contributed by atoms with Crippen molar-refractivity contribution in [1.29, 1.82) is 0 Å². The highest BCUT2D eigenvalue weighted by atomic mass is 16.5. The lowest BCUT2D eigenvalue weighted by Gasteiger charge is -2.08. The van der Waals surface area contributed by atoms with Gasteiger partial charge in [0.2, 0.25) is 0 Å². The van der Waals surface area contributed by atoms with Gasteiger partial charge in [0.15, 0.2) is 0 Å². The average Bonchev–Trinajstić information content (AvgIpc) is 2.38. The summed E-state index contributed by atoms with van der Waals surface area (Å²) >= 11 is 0. The minimum Gasteiger partial charge on any atom is -0.494 e. The van der Waals surface area contributed by atoms with Crippen LogP contribution < -0.4 is 10.5 Å². The predicted octanol–water partition coefficient (Wildman–Crippen LogP) is 3.74. The summed E-state index contributed by atoms with van der Waals surface area (Å²) in [5, 5.41) is 2.48. The molecule has 2 rings (SSSR count). The van der Waals surface area contributed by atoms with Crippen LogP contribution in [0.2, 0.25) is 0 Å². The van der Waals surface area contributed by atoms with E-state index < -0.39 is 0 Å². The molecule has 0 aliphatic heterocycles. The number of hydrogen-bond donors (Lipinski definition) is 1. The molecule has 2 nitrogen and oxygen atoms in total. The van der Waals surface area contributed by atoms with Gasteiger partial charge in [-0.1, -0.05) is 30.3 Å². The minimum atomic E-state index is 0.297. The lowest BCUT2D eigenvalue weighted by molar-refractivity contribution is 0.304. The summed E-state index contributed by atoms with van der Waals surface area (Å²) in [6.07, 6.45) is 3.26. The van der Waals surface area contributed by atoms with Crippen LogP contribution in [-0.2, 0) is 0 Å². The summed E-state index contributed by atoms with van der Waals surface area (Å²) in [5.41, 5.74) is 5.71. The topological polar surface area (TPSA) is 35.2 Å². The summed E-state index contributed by atoms with van der Waals surface area (Å²) in [6.45, 7) is 2.81. The van der Waals surface area contributed by atoms with Crippen molar-refractivity contribution in [2.75, 3.05) is 6.61 Å². The second-order valence-corrected chi connectivity index (χ2v) is 4.83. The van der Waals surface area contributed by atoms with E-state index >= 15 is 0 Å². The molecule has 0 aliphatic carbocycles. The van der Waals surface area contributed by atoms with Crippen molar-refractivity contribution >= 4 is 10.8 Å². The van der Waals surface area contributed by atoms with Gasteiger partial charge in [-0.15, -0.1) is 0 Å². The van der Waals surface area contributed by atoms with Gasteiger partial charge < -0.3 is 10.5 Å². The van der Waals surface area contributed by atoms with Gasteiger partial charge in [0.05, 0.1) is 6.61 Å². The van der Waals surface area contributed by atoms with E-state index in [0.717, 1.165) is 31.6 Å². The molecule has 0 radical (unpaired) electrons. The van der Waals surface area contributed by atoms with Crippen LogP contribution in [0.5, 0.6) is 5.75 Å². The second-order valence-electron chi connectivity index (χ2n) is 4.83. The average molecular weight is 243 g/mol. The maximum atomic E-state index is 5.76. The SMILES string of the molecule is CC(N)CCCCOc1ccc2ccccc2c1. The smallest absolute Gasteiger partial charge is 0.119 e. The molecule has 0 heterocycles. The Morgan fingerprint density at radius 1 is 1.06 bits per heavy atom. The monoisotopic (exact) mass is 243 g/mol. The third-order valence-electron chi connectivity index (χ3n) is 3.04. The lowest BCUT2D eigenvalue weighted by Crippen LogP contribution is -2.14. The van der Waals surface area contributed by atoms with Crippen molar-refractivity contribution in [2.45, 2.75) is 32.2 Å². The van der Waals surface area contributed by atoms with Gasteiger partial charge in [0, 0.05) is 6.04 Å². The number of rotatable bonds is 6. The first-order chi connectivity index (χ1) is 8.75. The molecule has 0 spiro atoms. The van der Waals surface area contributed by atoms with Crippen molar-refractivity contribution in [2.24, 2.45) is 5.73 Å². The molecule has 0 saturated carbocycles. The summed E-state index contributed by atoms with van der Waals surface area (Å²) in [5.74, 6) is 0.953. The standard InChI is InChI=1S/C16H21NO/c1-13(17)6-4-5-11-18-16-10-9-14-7-2-3-8-15(14)12-16/h2-3,7-10,12-13H,4-6,11,17H2,1H3. The summed E-state index contributed by atoms with van der Waals surface area (Å²) in [7, 11) is 0. The normalized spacial score (nSPS) is 12.6. The maximum Gasteiger partial charge on any atom is 0.119 e. The first kappa shape index (κ1) is 12.9. The molecule has 2 aromatic rings. The number of benzene rings is 2. The van der Waals surface area contributed by atoms with E-state index in [1.807, 2.05) is 13.0 Å². The molecule has 2 heteroatoms. The van der Waals surface area contributed by atoms with Crippen LogP contribution in [0.4, 0.5) is 0 Å². The fraction of sp³-hybridized carbons (Fsp3) is 0.375. The highest BCUT2D eigenvalue weighted by Gasteiger charge is 1.98. The molecule has 2 N–H and O–H groups in total. The molecule has 2 aromatic carbocycles. The number of ether oxygens (including phenoxy) is 1. The van der Waals surface area contributed by atoms with E-state index in [1.165, 1.54) is 10.8 Å². The van der Waals surface area contributed by atoms with E-state index in [4.69, 9.17) is 10.5 Å². The Balaban J connectivity index is 1.84. The van der Waals surface area contributed by atoms with Gasteiger partial charge in [-0.25, -0.2) is 0 Å². The molecule has 1 atom stereocenters. The van der Waals surface area contributed by atoms with Crippen molar-refractivity contribution < 1.29 is 4.74 Å². The van der Waals surface area contributed by atoms with Crippen LogP contribution in [0.15, 0.2) is 42.5 Å². The quantitative estimate of drug-likeness (QED) is 0.784. The van der Waals surface area contributed by atoms with Gasteiger partial charge >= 0.3 is 0 Å². The number of nitrogens with two attached hydrogens (primary N) is 1. The fourth-order valence-electron chi connectivity index (χ4n) is 2.02. The van der Waals surface area contributed by atoms with Gasteiger partial charge in [0.1, 0.15) is 5.75 Å². The van der Waals surface area contributed by atoms with Gasteiger partial charge in [-0.3, -0.25) is 0 Å². The highest BCUT2D eigenvalue weighted by molar-refractivity contribution is 5.83. The van der Waals surface area contributed by atoms with E-state index in [1.54, 1.807) is 0 Å². The van der Waals surface area contributed by atoms with E-state index in [0.29, 0.717) is 6.04 Å². The molecule has 0 amide bonds. The zero-order chi connectivity index (χ0) is 12.8. The van der Waals surface area contributed by atoms with Crippen LogP contribution in [0.3, 0.4) is 0 Å². The van der Waals surface area contributed by atoms with Crippen molar-refractivity contribution in [3.05, 3.63) is 42.5 Å². The van der Waals surface area contributed by atoms with Crippen LogP contribution in [0.1, 0.15) is 26.2 Å². The van der Waals surface area contributed by atoms with E-state index in [9.17, 15) is 0 Å². The van der Waals surface area contributed by atoms with E-state index in [-0.39, 0.29) is 0 Å². The number of unbranched alkanes of at least 4 members (excludes halogenated alkanes) is 1. The van der Waals surface area contributed by atoms with Gasteiger partial charge in [0.25, 0.3) is 0 Å². The summed E-state index contributed by atoms with van der Waals surface area (Å²) in [4.78, 5) is 0. The molecule has 96 valence electrons. The largest absolute Gasteiger partial charge is 0.494 e. The Morgan fingerprint density at radius 2 is 1.83 bits per heavy atom. The summed E-state index contributed by atoms with van der Waals surface area (Å²) in [6, 6.07) is 14.9. The molecule has 1 unspecified atom stereocenters. The molecule has 18 heavy (non-hydrogen) atoms. The van der Waals surface area contributed by atoms with Gasteiger partial charge in [-0.05, 0) is 49.1 Å². The minimum absolute atomic E-state index is 0.297. The lowest BCUT2D eigenvalue weighted by atomic mass is 10.1. The fourth-order valence-corrected chi connectivity index (χ4v) is 2.02. The number of hydrogen-bond acceptors (Lipinski definition) is 2. The molecule has 0 saturated heterocycles. The Bertz CT molecular complexity index is 493. The predicted molar refractivity (Wildman–Crippen MR) is 76.9 cm³/mol. The first-order valence-corrected chi connectivity index (χ1v) is 6.63. The molecule has 0 aliphatic rings. The Hall–Kier alpha value is -1.54. The van der Waals surface area contributed by atoms with Crippen molar-refractivity contribution in [1.82, 2.24) is 0 Å². The van der Waals surface area contributed by atoms with Gasteiger partial charge in [-0.2, -0.15) is 0 Å². The van der Waals surface area contributed by atoms with Crippen molar-refractivity contribution in [3.63, 3.8) is 0 Å². The summed E-state index contributed by atoms with van der Waals surface area (Å²) < 4.78 is 5.76. The third-order valence-corrected chi connectivity index (χ3v) is 3.04. The maximum absolute atomic E-state index is 5.76. The van der Waals surface area contributed by atoms with Crippen LogP contribution in [-0.4, -0.2) is 12.6 Å². The first-order valence-electron chi connectivity index (χ1n) is 6.63. The second kappa shape index (κ2) is 6.41. The molecule has 0 aromatic heterocycles. The highest BCUT2D eigenvalue weighted by Crippen LogP contribution is 2.20. The Kier molecular flexibility index (Phi) is 4.59.